The van der Waals surface area contributed by atoms with E-state index in [0.29, 0.717) is 19.3 Å². The molecule has 0 spiro atoms. The van der Waals surface area contributed by atoms with Crippen LogP contribution in [-0.2, 0) is 14.3 Å². The van der Waals surface area contributed by atoms with E-state index in [2.05, 4.69) is 99.0 Å². The molecule has 60 heavy (non-hydrogen) atoms. The highest BCUT2D eigenvalue weighted by atomic mass is 16.5. The molecule has 0 aromatic rings. The molecule has 0 aliphatic heterocycles. The summed E-state index contributed by atoms with van der Waals surface area (Å²) >= 11 is 0. The maximum atomic E-state index is 13.2. The zero-order valence-corrected chi connectivity index (χ0v) is 39.3. The molecule has 0 rings (SSSR count). The van der Waals surface area contributed by atoms with E-state index in [-0.39, 0.29) is 24.9 Å². The van der Waals surface area contributed by atoms with Crippen molar-refractivity contribution in [1.82, 2.24) is 5.32 Å². The summed E-state index contributed by atoms with van der Waals surface area (Å²) in [6, 6.07) is -0.713. The molecular formula is C54H95NO5. The minimum absolute atomic E-state index is 0.0564. The van der Waals surface area contributed by atoms with Gasteiger partial charge in [-0.3, -0.25) is 9.59 Å². The number of nitrogens with one attached hydrogen (secondary N) is 1. The third-order valence-electron chi connectivity index (χ3n) is 11.2. The third-order valence-corrected chi connectivity index (χ3v) is 11.2. The van der Waals surface area contributed by atoms with Crippen LogP contribution in [0.3, 0.4) is 0 Å². The summed E-state index contributed by atoms with van der Waals surface area (Å²) in [5, 5.41) is 23.7. The molecule has 0 aliphatic carbocycles. The van der Waals surface area contributed by atoms with Gasteiger partial charge in [-0.15, -0.1) is 0 Å². The molecule has 6 nitrogen and oxygen atoms in total. The second-order valence-corrected chi connectivity index (χ2v) is 16.9. The van der Waals surface area contributed by atoms with Crippen LogP contribution >= 0.6 is 0 Å². The lowest BCUT2D eigenvalue weighted by molar-refractivity contribution is -0.151. The maximum Gasteiger partial charge on any atom is 0.306 e. The monoisotopic (exact) mass is 838 g/mol. The SMILES string of the molecule is CC/C=C/C=C/C=C/CCCCCCCCCC(=O)OC(CCCCCCC/C=C/C=C/C=C/CC)CC(=O)NC(CO)C(O)CCCCCCCCCCCCCCC. The summed E-state index contributed by atoms with van der Waals surface area (Å²) in [6.45, 7) is 6.21. The van der Waals surface area contributed by atoms with E-state index in [4.69, 9.17) is 4.74 Å². The Labute approximate surface area is 371 Å². The van der Waals surface area contributed by atoms with Gasteiger partial charge in [-0.1, -0.05) is 229 Å². The van der Waals surface area contributed by atoms with Gasteiger partial charge in [0, 0.05) is 6.42 Å². The van der Waals surface area contributed by atoms with E-state index in [1.54, 1.807) is 0 Å². The number of amides is 1. The Bertz CT molecular complexity index is 1120. The number of esters is 1. The van der Waals surface area contributed by atoms with E-state index >= 15 is 0 Å². The van der Waals surface area contributed by atoms with Crippen LogP contribution in [0, 0.1) is 0 Å². The van der Waals surface area contributed by atoms with Crippen LogP contribution in [0.15, 0.2) is 72.9 Å². The summed E-state index contributed by atoms with van der Waals surface area (Å²) in [7, 11) is 0. The van der Waals surface area contributed by atoms with Crippen LogP contribution in [0.5, 0.6) is 0 Å². The summed E-state index contributed by atoms with van der Waals surface area (Å²) in [5.41, 5.74) is 0. The van der Waals surface area contributed by atoms with Gasteiger partial charge in [-0.2, -0.15) is 0 Å². The van der Waals surface area contributed by atoms with Crippen LogP contribution < -0.4 is 5.32 Å². The zero-order chi connectivity index (χ0) is 43.8. The predicted molar refractivity (Wildman–Crippen MR) is 259 cm³/mol. The van der Waals surface area contributed by atoms with Crippen molar-refractivity contribution in [3.05, 3.63) is 72.9 Å². The van der Waals surface area contributed by atoms with Gasteiger partial charge in [-0.25, -0.2) is 0 Å². The van der Waals surface area contributed by atoms with E-state index in [9.17, 15) is 19.8 Å². The first-order valence-electron chi connectivity index (χ1n) is 25.2. The van der Waals surface area contributed by atoms with Crippen molar-refractivity contribution in [1.29, 1.82) is 0 Å². The van der Waals surface area contributed by atoms with E-state index < -0.39 is 18.2 Å². The molecule has 0 aliphatic rings. The lowest BCUT2D eigenvalue weighted by atomic mass is 10.0. The van der Waals surface area contributed by atoms with Crippen molar-refractivity contribution in [2.24, 2.45) is 0 Å². The van der Waals surface area contributed by atoms with Crippen molar-refractivity contribution in [2.75, 3.05) is 6.61 Å². The second kappa shape index (κ2) is 47.4. The summed E-state index contributed by atoms with van der Waals surface area (Å²) < 4.78 is 5.92. The number of hydrogen-bond acceptors (Lipinski definition) is 5. The molecule has 346 valence electrons. The van der Waals surface area contributed by atoms with Crippen LogP contribution in [0.1, 0.15) is 233 Å². The topological polar surface area (TPSA) is 95.9 Å². The molecule has 0 aromatic carbocycles. The van der Waals surface area contributed by atoms with Gasteiger partial charge >= 0.3 is 5.97 Å². The van der Waals surface area contributed by atoms with Gasteiger partial charge in [0.05, 0.1) is 25.2 Å². The van der Waals surface area contributed by atoms with Crippen molar-refractivity contribution in [2.45, 2.75) is 251 Å². The number of unbranched alkanes of at least 4 members (excludes halogenated alkanes) is 24. The van der Waals surface area contributed by atoms with Crippen LogP contribution in [0.2, 0.25) is 0 Å². The molecule has 0 bridgehead atoms. The Morgan fingerprint density at radius 2 is 0.900 bits per heavy atom. The van der Waals surface area contributed by atoms with Gasteiger partial charge in [0.15, 0.2) is 0 Å². The van der Waals surface area contributed by atoms with Crippen LogP contribution in [0.25, 0.3) is 0 Å². The first-order valence-corrected chi connectivity index (χ1v) is 25.2. The Hall–Kier alpha value is -2.70. The van der Waals surface area contributed by atoms with Gasteiger partial charge in [-0.05, 0) is 64.2 Å². The molecule has 6 heteroatoms. The first kappa shape index (κ1) is 57.3. The quantitative estimate of drug-likeness (QED) is 0.0323. The van der Waals surface area contributed by atoms with Crippen molar-refractivity contribution in [3.63, 3.8) is 0 Å². The molecule has 1 amide bonds. The number of hydrogen-bond donors (Lipinski definition) is 3. The minimum Gasteiger partial charge on any atom is -0.462 e. The van der Waals surface area contributed by atoms with Gasteiger partial charge in [0.2, 0.25) is 5.91 Å². The normalized spacial score (nSPS) is 13.9. The second-order valence-electron chi connectivity index (χ2n) is 16.9. The van der Waals surface area contributed by atoms with E-state index in [1.807, 2.05) is 0 Å². The first-order chi connectivity index (χ1) is 29.5. The highest BCUT2D eigenvalue weighted by Gasteiger charge is 2.24. The number of allylic oxidation sites excluding steroid dienone is 12. The Morgan fingerprint density at radius 1 is 0.500 bits per heavy atom. The lowest BCUT2D eigenvalue weighted by Gasteiger charge is -2.24. The predicted octanol–water partition coefficient (Wildman–Crippen LogP) is 15.0. The number of carbonyl (C=O) groups is 2. The number of carbonyl (C=O) groups excluding carboxylic acids is 2. The third kappa shape index (κ3) is 42.0. The Balaban J connectivity index is 4.62. The fraction of sp³-hybridized carbons (Fsp3) is 0.741. The molecule has 3 unspecified atom stereocenters. The van der Waals surface area contributed by atoms with Gasteiger partial charge in [0.25, 0.3) is 0 Å². The van der Waals surface area contributed by atoms with Gasteiger partial charge < -0.3 is 20.3 Å². The molecule has 3 atom stereocenters. The highest BCUT2D eigenvalue weighted by Crippen LogP contribution is 2.18. The summed E-state index contributed by atoms with van der Waals surface area (Å²) in [4.78, 5) is 26.1. The van der Waals surface area contributed by atoms with Crippen molar-refractivity contribution in [3.8, 4) is 0 Å². The summed E-state index contributed by atoms with van der Waals surface area (Å²) in [6.07, 6.45) is 59.6. The Kier molecular flexibility index (Phi) is 45.2. The fourth-order valence-corrected chi connectivity index (χ4v) is 7.37. The molecule has 0 radical (unpaired) electrons. The Morgan fingerprint density at radius 3 is 1.35 bits per heavy atom. The summed E-state index contributed by atoms with van der Waals surface area (Å²) in [5.74, 6) is -0.510. The molecule has 0 saturated carbocycles. The molecular weight excluding hydrogens is 743 g/mol. The minimum atomic E-state index is -0.798. The van der Waals surface area contributed by atoms with Crippen LogP contribution in [0.4, 0.5) is 0 Å². The molecule has 0 aromatic heterocycles. The number of aliphatic hydroxyl groups is 2. The molecule has 0 fully saturated rings. The van der Waals surface area contributed by atoms with Crippen molar-refractivity contribution < 1.29 is 24.5 Å². The largest absolute Gasteiger partial charge is 0.462 e. The average Bonchev–Trinajstić information content (AvgIpc) is 3.24. The van der Waals surface area contributed by atoms with Crippen molar-refractivity contribution >= 4 is 11.9 Å². The van der Waals surface area contributed by atoms with E-state index in [1.165, 1.54) is 89.9 Å². The van der Waals surface area contributed by atoms with E-state index in [0.717, 1.165) is 96.3 Å². The number of aliphatic hydroxyl groups excluding tert-OH is 2. The average molecular weight is 838 g/mol. The number of rotatable bonds is 44. The maximum absolute atomic E-state index is 13.2. The highest BCUT2D eigenvalue weighted by molar-refractivity contribution is 5.77. The lowest BCUT2D eigenvalue weighted by Crippen LogP contribution is -2.46. The standard InChI is InChI=1S/C54H95NO5/c1-4-7-10-13-16-19-22-25-26-29-32-35-38-41-44-47-54(59)60-50(45-42-39-36-33-30-27-23-20-17-14-11-8-5-2)48-53(58)55-51(49-56)52(57)46-43-40-37-34-31-28-24-21-18-15-12-9-6-3/h7-8,10-11,13-14,16-17,19-20,22-23,50-52,56-57H,4-6,9,12,15,18,21,24-49H2,1-3H3,(H,55,58)/b10-7+,11-8+,16-13+,17-14+,22-19+,23-20+. The van der Waals surface area contributed by atoms with Crippen LogP contribution in [-0.4, -0.2) is 46.9 Å². The molecule has 0 saturated heterocycles. The number of ether oxygens (including phenoxy) is 1. The van der Waals surface area contributed by atoms with Gasteiger partial charge in [0.1, 0.15) is 6.10 Å². The molecule has 3 N–H and O–H groups in total. The smallest absolute Gasteiger partial charge is 0.306 e. The fourth-order valence-electron chi connectivity index (χ4n) is 7.37. The molecule has 0 heterocycles. The zero-order valence-electron chi connectivity index (χ0n) is 39.3.